The molecule has 3 rings (SSSR count). The smallest absolute Gasteiger partial charge is 0.261 e. The van der Waals surface area contributed by atoms with Gasteiger partial charge in [0.05, 0.1) is 0 Å². The van der Waals surface area contributed by atoms with Crippen molar-refractivity contribution in [1.29, 1.82) is 0 Å². The lowest BCUT2D eigenvalue weighted by atomic mass is 10.0. The molecule has 0 saturated carbocycles. The molecule has 0 spiro atoms. The topological polar surface area (TPSA) is 58.6 Å². The monoisotopic (exact) mass is 508 g/mol. The standard InChI is InChI=1S/C27H29BrN2O3/c1-19-9-11-22(12-10-19)17-30(25(27(32)29-3)16-21-7-5-4-6-8-21)26(31)18-33-23-13-14-24(28)20(2)15-23/h4-15,25H,16-18H2,1-3H3,(H,29,32)/t25-/m1/s1. The number of amides is 2. The van der Waals surface area contributed by atoms with Gasteiger partial charge in [-0.2, -0.15) is 0 Å². The predicted octanol–water partition coefficient (Wildman–Crippen LogP) is 4.83. The van der Waals surface area contributed by atoms with E-state index in [0.717, 1.165) is 26.7 Å². The minimum atomic E-state index is -0.665. The summed E-state index contributed by atoms with van der Waals surface area (Å²) in [5.74, 6) is 0.151. The van der Waals surface area contributed by atoms with E-state index in [1.807, 2.05) is 86.6 Å². The first-order valence-corrected chi connectivity index (χ1v) is 11.7. The number of likely N-dealkylation sites (N-methyl/N-ethyl adjacent to an activating group) is 1. The van der Waals surface area contributed by atoms with Crippen LogP contribution in [-0.2, 0) is 22.6 Å². The molecule has 0 aromatic heterocycles. The third kappa shape index (κ3) is 6.93. The molecule has 0 heterocycles. The van der Waals surface area contributed by atoms with Gasteiger partial charge in [-0.05, 0) is 48.7 Å². The molecule has 0 aliphatic heterocycles. The zero-order chi connectivity index (χ0) is 23.8. The van der Waals surface area contributed by atoms with E-state index in [1.165, 1.54) is 0 Å². The van der Waals surface area contributed by atoms with Crippen LogP contribution in [0.5, 0.6) is 5.75 Å². The van der Waals surface area contributed by atoms with Gasteiger partial charge in [0, 0.05) is 24.5 Å². The summed E-state index contributed by atoms with van der Waals surface area (Å²) in [5, 5.41) is 2.72. The molecule has 6 heteroatoms. The summed E-state index contributed by atoms with van der Waals surface area (Å²) in [5.41, 5.74) is 4.09. The van der Waals surface area contributed by atoms with Crippen LogP contribution >= 0.6 is 15.9 Å². The number of carbonyl (C=O) groups is 2. The zero-order valence-corrected chi connectivity index (χ0v) is 20.8. The van der Waals surface area contributed by atoms with E-state index in [4.69, 9.17) is 4.74 Å². The van der Waals surface area contributed by atoms with Gasteiger partial charge >= 0.3 is 0 Å². The van der Waals surface area contributed by atoms with Crippen molar-refractivity contribution < 1.29 is 14.3 Å². The van der Waals surface area contributed by atoms with Crippen molar-refractivity contribution in [3.05, 3.63) is 99.5 Å². The average Bonchev–Trinajstić information content (AvgIpc) is 2.83. The Morgan fingerprint density at radius 2 is 1.67 bits per heavy atom. The molecule has 0 aliphatic carbocycles. The lowest BCUT2D eigenvalue weighted by molar-refractivity contribution is -0.142. The molecule has 1 N–H and O–H groups in total. The van der Waals surface area contributed by atoms with E-state index >= 15 is 0 Å². The van der Waals surface area contributed by atoms with Crippen molar-refractivity contribution in [2.75, 3.05) is 13.7 Å². The van der Waals surface area contributed by atoms with E-state index in [9.17, 15) is 9.59 Å². The van der Waals surface area contributed by atoms with Crippen LogP contribution in [0, 0.1) is 13.8 Å². The van der Waals surface area contributed by atoms with Crippen molar-refractivity contribution in [2.24, 2.45) is 0 Å². The Balaban J connectivity index is 1.86. The van der Waals surface area contributed by atoms with Gasteiger partial charge < -0.3 is 15.0 Å². The van der Waals surface area contributed by atoms with Crippen molar-refractivity contribution in [1.82, 2.24) is 10.2 Å². The maximum absolute atomic E-state index is 13.4. The second-order valence-corrected chi connectivity index (χ2v) is 8.88. The molecule has 1 atom stereocenters. The summed E-state index contributed by atoms with van der Waals surface area (Å²) >= 11 is 3.47. The fourth-order valence-corrected chi connectivity index (χ4v) is 3.79. The lowest BCUT2D eigenvalue weighted by Crippen LogP contribution is -2.51. The molecule has 0 saturated heterocycles. The number of aryl methyl sites for hydroxylation is 2. The van der Waals surface area contributed by atoms with Gasteiger partial charge in [-0.25, -0.2) is 0 Å². The van der Waals surface area contributed by atoms with Gasteiger partial charge in [0.1, 0.15) is 11.8 Å². The van der Waals surface area contributed by atoms with E-state index in [0.29, 0.717) is 18.7 Å². The highest BCUT2D eigenvalue weighted by atomic mass is 79.9. The van der Waals surface area contributed by atoms with E-state index in [-0.39, 0.29) is 18.4 Å². The Morgan fingerprint density at radius 1 is 0.970 bits per heavy atom. The molecule has 0 aliphatic rings. The molecule has 172 valence electrons. The highest BCUT2D eigenvalue weighted by Crippen LogP contribution is 2.22. The van der Waals surface area contributed by atoms with Crippen molar-refractivity contribution >= 4 is 27.7 Å². The number of hydrogen-bond donors (Lipinski definition) is 1. The van der Waals surface area contributed by atoms with Crippen LogP contribution in [0.1, 0.15) is 22.3 Å². The number of benzene rings is 3. The summed E-state index contributed by atoms with van der Waals surface area (Å²) < 4.78 is 6.79. The Morgan fingerprint density at radius 3 is 2.30 bits per heavy atom. The highest BCUT2D eigenvalue weighted by molar-refractivity contribution is 9.10. The number of rotatable bonds is 9. The maximum Gasteiger partial charge on any atom is 0.261 e. The number of ether oxygens (including phenoxy) is 1. The predicted molar refractivity (Wildman–Crippen MR) is 134 cm³/mol. The zero-order valence-electron chi connectivity index (χ0n) is 19.2. The van der Waals surface area contributed by atoms with Crippen molar-refractivity contribution in [3.63, 3.8) is 0 Å². The van der Waals surface area contributed by atoms with Crippen molar-refractivity contribution in [2.45, 2.75) is 32.9 Å². The summed E-state index contributed by atoms with van der Waals surface area (Å²) in [6, 6.07) is 22.6. The van der Waals surface area contributed by atoms with Gasteiger partial charge in [0.25, 0.3) is 5.91 Å². The third-order valence-corrected chi connectivity index (χ3v) is 6.37. The largest absolute Gasteiger partial charge is 0.484 e. The Labute approximate surface area is 203 Å². The Bertz CT molecular complexity index is 1080. The first-order valence-electron chi connectivity index (χ1n) is 10.9. The van der Waals surface area contributed by atoms with Crippen molar-refractivity contribution in [3.8, 4) is 5.75 Å². The van der Waals surface area contributed by atoms with Crippen LogP contribution in [0.2, 0.25) is 0 Å². The van der Waals surface area contributed by atoms with Crippen LogP contribution in [0.15, 0.2) is 77.3 Å². The van der Waals surface area contributed by atoms with Gasteiger partial charge in [0.2, 0.25) is 5.91 Å². The molecule has 33 heavy (non-hydrogen) atoms. The second-order valence-electron chi connectivity index (χ2n) is 8.03. The van der Waals surface area contributed by atoms with Gasteiger partial charge in [-0.15, -0.1) is 0 Å². The van der Waals surface area contributed by atoms with Gasteiger partial charge in [-0.1, -0.05) is 76.1 Å². The number of nitrogens with one attached hydrogen (secondary N) is 1. The number of hydrogen-bond acceptors (Lipinski definition) is 3. The summed E-state index contributed by atoms with van der Waals surface area (Å²) in [4.78, 5) is 27.9. The summed E-state index contributed by atoms with van der Waals surface area (Å²) in [6.45, 7) is 4.13. The molecule has 0 unspecified atom stereocenters. The third-order valence-electron chi connectivity index (χ3n) is 5.48. The second kappa shape index (κ2) is 11.7. The Kier molecular flexibility index (Phi) is 8.66. The summed E-state index contributed by atoms with van der Waals surface area (Å²) in [7, 11) is 1.59. The lowest BCUT2D eigenvalue weighted by Gasteiger charge is -2.31. The van der Waals surface area contributed by atoms with Gasteiger partial charge in [0.15, 0.2) is 6.61 Å². The first kappa shape index (κ1) is 24.5. The van der Waals surface area contributed by atoms with Crippen LogP contribution in [0.25, 0.3) is 0 Å². The quantitative estimate of drug-likeness (QED) is 0.450. The van der Waals surface area contributed by atoms with Gasteiger partial charge in [-0.3, -0.25) is 9.59 Å². The average molecular weight is 509 g/mol. The van der Waals surface area contributed by atoms with E-state index in [1.54, 1.807) is 11.9 Å². The van der Waals surface area contributed by atoms with Crippen LogP contribution in [0.3, 0.4) is 0 Å². The molecule has 5 nitrogen and oxygen atoms in total. The molecular formula is C27H29BrN2O3. The number of nitrogens with zero attached hydrogens (tertiary/aromatic N) is 1. The minimum Gasteiger partial charge on any atom is -0.484 e. The molecule has 0 radical (unpaired) electrons. The highest BCUT2D eigenvalue weighted by Gasteiger charge is 2.30. The normalized spacial score (nSPS) is 11.5. The molecule has 3 aromatic carbocycles. The SMILES string of the molecule is CNC(=O)[C@@H](Cc1ccccc1)N(Cc1ccc(C)cc1)C(=O)COc1ccc(Br)c(C)c1. The minimum absolute atomic E-state index is 0.158. The van der Waals surface area contributed by atoms with E-state index in [2.05, 4.69) is 21.2 Å². The molecule has 3 aromatic rings. The van der Waals surface area contributed by atoms with Crippen LogP contribution in [-0.4, -0.2) is 36.4 Å². The fraction of sp³-hybridized carbons (Fsp3) is 0.259. The number of halogens is 1. The molecule has 2 amide bonds. The number of carbonyl (C=O) groups excluding carboxylic acids is 2. The fourth-order valence-electron chi connectivity index (χ4n) is 3.55. The van der Waals surface area contributed by atoms with Crippen LogP contribution in [0.4, 0.5) is 0 Å². The maximum atomic E-state index is 13.4. The summed E-state index contributed by atoms with van der Waals surface area (Å²) in [6.07, 6.45) is 0.412. The van der Waals surface area contributed by atoms with Crippen LogP contribution < -0.4 is 10.1 Å². The van der Waals surface area contributed by atoms with E-state index < -0.39 is 6.04 Å². The molecule has 0 bridgehead atoms. The molecule has 0 fully saturated rings. The first-order chi connectivity index (χ1) is 15.9. The molecular weight excluding hydrogens is 480 g/mol. The Hall–Kier alpha value is -3.12.